The van der Waals surface area contributed by atoms with E-state index in [0.29, 0.717) is 5.71 Å². The van der Waals surface area contributed by atoms with Crippen molar-refractivity contribution in [1.29, 1.82) is 0 Å². The Morgan fingerprint density at radius 1 is 0.758 bits per heavy atom. The number of rotatable bonds is 7. The zero-order chi connectivity index (χ0) is 23.0. The Balaban J connectivity index is 1.40. The zero-order valence-corrected chi connectivity index (χ0v) is 18.4. The van der Waals surface area contributed by atoms with Gasteiger partial charge in [0.05, 0.1) is 18.2 Å². The van der Waals surface area contributed by atoms with Crippen LogP contribution in [0.15, 0.2) is 108 Å². The van der Waals surface area contributed by atoms with Gasteiger partial charge in [-0.3, -0.25) is 9.59 Å². The zero-order valence-electron chi connectivity index (χ0n) is 18.4. The fourth-order valence-corrected chi connectivity index (χ4v) is 3.72. The van der Waals surface area contributed by atoms with Crippen molar-refractivity contribution in [2.75, 3.05) is 6.54 Å². The van der Waals surface area contributed by atoms with Crippen molar-refractivity contribution in [1.82, 2.24) is 10.7 Å². The Morgan fingerprint density at radius 2 is 1.33 bits per heavy atom. The van der Waals surface area contributed by atoms with Crippen LogP contribution < -0.4 is 10.7 Å². The maximum Gasteiger partial charge on any atom is 0.259 e. The number of hydrazone groups is 1. The molecule has 0 aliphatic heterocycles. The summed E-state index contributed by atoms with van der Waals surface area (Å²) in [5, 5.41) is 9.21. The van der Waals surface area contributed by atoms with Crippen LogP contribution in [0.25, 0.3) is 10.8 Å². The monoisotopic (exact) mass is 435 g/mol. The van der Waals surface area contributed by atoms with Crippen LogP contribution in [0.4, 0.5) is 0 Å². The lowest BCUT2D eigenvalue weighted by Crippen LogP contribution is -2.38. The summed E-state index contributed by atoms with van der Waals surface area (Å²) in [5.41, 5.74) is 5.88. The van der Waals surface area contributed by atoms with Crippen LogP contribution in [0.2, 0.25) is 0 Å². The second kappa shape index (κ2) is 10.4. The van der Waals surface area contributed by atoms with Gasteiger partial charge in [0, 0.05) is 0 Å². The molecular formula is C28H25N3O2. The van der Waals surface area contributed by atoms with Crippen molar-refractivity contribution in [2.24, 2.45) is 5.10 Å². The van der Waals surface area contributed by atoms with E-state index in [4.69, 9.17) is 0 Å². The van der Waals surface area contributed by atoms with Gasteiger partial charge in [-0.2, -0.15) is 5.10 Å². The van der Waals surface area contributed by atoms with E-state index in [2.05, 4.69) is 15.8 Å². The maximum absolute atomic E-state index is 13.0. The van der Waals surface area contributed by atoms with E-state index in [1.165, 1.54) is 0 Å². The number of nitrogens with zero attached hydrogens (tertiary/aromatic N) is 1. The SMILES string of the molecule is CC(=NNC(=O)CNC(=O)C(c1ccccc1)c1ccccc1)c1ccc2ccccc2c1. The van der Waals surface area contributed by atoms with Crippen molar-refractivity contribution in [2.45, 2.75) is 12.8 Å². The highest BCUT2D eigenvalue weighted by Crippen LogP contribution is 2.24. The Bertz CT molecular complexity index is 1240. The molecule has 2 N–H and O–H groups in total. The van der Waals surface area contributed by atoms with Crippen LogP contribution >= 0.6 is 0 Å². The summed E-state index contributed by atoms with van der Waals surface area (Å²) in [7, 11) is 0. The standard InChI is InChI=1S/C28H25N3O2/c1-20(24-17-16-21-10-8-9-15-25(21)18-24)30-31-26(32)19-29-28(33)27(22-11-4-2-5-12-22)23-13-6-3-7-14-23/h2-18,27H,19H2,1H3,(H,29,33)(H,31,32). The van der Waals surface area contributed by atoms with Gasteiger partial charge < -0.3 is 5.32 Å². The molecule has 4 rings (SSSR count). The second-order valence-corrected chi connectivity index (χ2v) is 7.77. The molecule has 0 saturated heterocycles. The summed E-state index contributed by atoms with van der Waals surface area (Å²) in [6.07, 6.45) is 0. The first-order valence-corrected chi connectivity index (χ1v) is 10.8. The fraction of sp³-hybridized carbons (Fsp3) is 0.107. The minimum atomic E-state index is -0.497. The molecule has 0 aliphatic rings. The van der Waals surface area contributed by atoms with Crippen LogP contribution in [-0.4, -0.2) is 24.1 Å². The van der Waals surface area contributed by atoms with Gasteiger partial charge in [-0.25, -0.2) is 5.43 Å². The number of carbonyl (C=O) groups is 2. The lowest BCUT2D eigenvalue weighted by molar-refractivity contribution is -0.126. The molecule has 0 atom stereocenters. The lowest BCUT2D eigenvalue weighted by Gasteiger charge is -2.17. The first-order chi connectivity index (χ1) is 16.1. The van der Waals surface area contributed by atoms with E-state index < -0.39 is 5.92 Å². The van der Waals surface area contributed by atoms with Crippen molar-refractivity contribution in [3.63, 3.8) is 0 Å². The van der Waals surface area contributed by atoms with Crippen LogP contribution in [-0.2, 0) is 9.59 Å². The number of amides is 2. The number of hydrogen-bond donors (Lipinski definition) is 2. The third kappa shape index (κ3) is 5.52. The summed E-state index contributed by atoms with van der Waals surface area (Å²) in [4.78, 5) is 25.4. The van der Waals surface area contributed by atoms with Crippen LogP contribution in [0.5, 0.6) is 0 Å². The van der Waals surface area contributed by atoms with E-state index in [1.54, 1.807) is 0 Å². The molecule has 0 radical (unpaired) electrons. The van der Waals surface area contributed by atoms with Gasteiger partial charge in [0.15, 0.2) is 0 Å². The van der Waals surface area contributed by atoms with Gasteiger partial charge in [-0.1, -0.05) is 97.1 Å². The molecule has 4 aromatic carbocycles. The molecule has 0 aliphatic carbocycles. The average molecular weight is 436 g/mol. The predicted octanol–water partition coefficient (Wildman–Crippen LogP) is 4.63. The molecule has 5 heteroatoms. The van der Waals surface area contributed by atoms with Gasteiger partial charge in [0.25, 0.3) is 5.91 Å². The number of nitrogens with one attached hydrogen (secondary N) is 2. The highest BCUT2D eigenvalue weighted by Gasteiger charge is 2.22. The Kier molecular flexibility index (Phi) is 6.90. The van der Waals surface area contributed by atoms with Gasteiger partial charge in [-0.15, -0.1) is 0 Å². The molecule has 4 aromatic rings. The largest absolute Gasteiger partial charge is 0.346 e. The number of benzene rings is 4. The molecule has 0 heterocycles. The van der Waals surface area contributed by atoms with Crippen molar-refractivity contribution < 1.29 is 9.59 Å². The molecular weight excluding hydrogens is 410 g/mol. The minimum absolute atomic E-state index is 0.163. The number of fused-ring (bicyclic) bond motifs is 1. The van der Waals surface area contributed by atoms with Gasteiger partial charge in [0.2, 0.25) is 5.91 Å². The Morgan fingerprint density at radius 3 is 1.97 bits per heavy atom. The molecule has 0 saturated carbocycles. The summed E-state index contributed by atoms with van der Waals surface area (Å²) < 4.78 is 0. The van der Waals surface area contributed by atoms with Gasteiger partial charge in [-0.05, 0) is 40.5 Å². The lowest BCUT2D eigenvalue weighted by atomic mass is 9.90. The van der Waals surface area contributed by atoms with Gasteiger partial charge >= 0.3 is 0 Å². The third-order valence-corrected chi connectivity index (χ3v) is 5.47. The first-order valence-electron chi connectivity index (χ1n) is 10.8. The number of hydrogen-bond acceptors (Lipinski definition) is 3. The summed E-state index contributed by atoms with van der Waals surface area (Å²) >= 11 is 0. The van der Waals surface area contributed by atoms with Gasteiger partial charge in [0.1, 0.15) is 0 Å². The van der Waals surface area contributed by atoms with E-state index in [-0.39, 0.29) is 18.4 Å². The van der Waals surface area contributed by atoms with E-state index >= 15 is 0 Å². The van der Waals surface area contributed by atoms with Crippen molar-refractivity contribution in [3.05, 3.63) is 120 Å². The van der Waals surface area contributed by atoms with Crippen molar-refractivity contribution >= 4 is 28.3 Å². The highest BCUT2D eigenvalue weighted by molar-refractivity contribution is 6.02. The molecule has 164 valence electrons. The molecule has 0 aromatic heterocycles. The van der Waals surface area contributed by atoms with E-state index in [1.807, 2.05) is 110 Å². The Labute approximate surface area is 193 Å². The van der Waals surface area contributed by atoms with Crippen LogP contribution in [0.3, 0.4) is 0 Å². The second-order valence-electron chi connectivity index (χ2n) is 7.77. The minimum Gasteiger partial charge on any atom is -0.346 e. The smallest absolute Gasteiger partial charge is 0.259 e. The summed E-state index contributed by atoms with van der Waals surface area (Å²) in [6.45, 7) is 1.67. The Hall–Kier alpha value is -4.25. The van der Waals surface area contributed by atoms with E-state index in [9.17, 15) is 9.59 Å². The highest BCUT2D eigenvalue weighted by atomic mass is 16.2. The number of carbonyl (C=O) groups excluding carboxylic acids is 2. The molecule has 2 amide bonds. The normalized spacial score (nSPS) is 11.4. The third-order valence-electron chi connectivity index (χ3n) is 5.47. The predicted molar refractivity (Wildman–Crippen MR) is 132 cm³/mol. The molecule has 0 unspecified atom stereocenters. The molecule has 5 nitrogen and oxygen atoms in total. The molecule has 0 fully saturated rings. The van der Waals surface area contributed by atoms with E-state index in [0.717, 1.165) is 27.5 Å². The quantitative estimate of drug-likeness (QED) is 0.328. The topological polar surface area (TPSA) is 70.6 Å². The molecule has 0 spiro atoms. The first kappa shape index (κ1) is 22.0. The van der Waals surface area contributed by atoms with Crippen LogP contribution in [0, 0.1) is 0 Å². The summed E-state index contributed by atoms with van der Waals surface area (Å²) in [5.74, 6) is -1.12. The van der Waals surface area contributed by atoms with Crippen LogP contribution in [0.1, 0.15) is 29.5 Å². The average Bonchev–Trinajstić information content (AvgIpc) is 2.87. The molecule has 33 heavy (non-hydrogen) atoms. The maximum atomic E-state index is 13.0. The molecule has 0 bridgehead atoms. The van der Waals surface area contributed by atoms with Crippen molar-refractivity contribution in [3.8, 4) is 0 Å². The fourth-order valence-electron chi connectivity index (χ4n) is 3.72. The summed E-state index contributed by atoms with van der Waals surface area (Å²) in [6, 6.07) is 33.2.